The molecule has 1 unspecified atom stereocenters. The molecule has 0 radical (unpaired) electrons. The molecule has 0 spiro atoms. The summed E-state index contributed by atoms with van der Waals surface area (Å²) in [6, 6.07) is -3.88. The molecule has 0 aromatic carbocycles. The van der Waals surface area contributed by atoms with E-state index >= 15 is 0 Å². The van der Waals surface area contributed by atoms with Crippen molar-refractivity contribution in [3.05, 3.63) is 12.7 Å². The number of Topliss-reactive ketones (excluding diaryl/α,β-unsaturated/α-hetero) is 1. The number of ketones is 1. The van der Waals surface area contributed by atoms with Gasteiger partial charge in [-0.05, 0) is 54.8 Å². The van der Waals surface area contributed by atoms with Crippen molar-refractivity contribution in [1.82, 2.24) is 31.5 Å². The first-order valence-corrected chi connectivity index (χ1v) is 16.8. The molecule has 5 N–H and O–H groups in total. The van der Waals surface area contributed by atoms with E-state index in [0.717, 1.165) is 12.8 Å². The fraction of sp³-hybridized carbons (Fsp3) is 0.765. The molecule has 1 saturated heterocycles. The number of piperidine rings is 1. The van der Waals surface area contributed by atoms with Crippen molar-refractivity contribution in [3.8, 4) is 0 Å². The van der Waals surface area contributed by atoms with Gasteiger partial charge in [0.2, 0.25) is 17.6 Å². The first-order chi connectivity index (χ1) is 21.8. The Bertz CT molecular complexity index is 1220. The maximum Gasteiger partial charge on any atom is 0.407 e. The van der Waals surface area contributed by atoms with Crippen LogP contribution >= 0.6 is 0 Å². The Kier molecular flexibility index (Phi) is 12.1. The van der Waals surface area contributed by atoms with Gasteiger partial charge in [0.1, 0.15) is 12.1 Å². The number of nitrogens with zero attached hydrogens (tertiary/aromatic N) is 1. The van der Waals surface area contributed by atoms with Crippen molar-refractivity contribution < 1.29 is 33.5 Å². The lowest BCUT2D eigenvalue weighted by molar-refractivity contribution is -0.145. The van der Waals surface area contributed by atoms with Crippen LogP contribution in [0.1, 0.15) is 81.6 Å². The Balaban J connectivity index is 1.77. The minimum Gasteiger partial charge on any atom is -0.447 e. The van der Waals surface area contributed by atoms with Gasteiger partial charge in [-0.1, -0.05) is 67.4 Å². The second kappa shape index (κ2) is 15.1. The maximum absolute atomic E-state index is 14.3. The van der Waals surface area contributed by atoms with Gasteiger partial charge in [-0.15, -0.1) is 6.58 Å². The molecule has 2 aliphatic carbocycles. The lowest BCUT2D eigenvalue weighted by atomic mass is 9.85. The van der Waals surface area contributed by atoms with Crippen LogP contribution in [0.2, 0.25) is 0 Å². The van der Waals surface area contributed by atoms with Gasteiger partial charge in [0.15, 0.2) is 0 Å². The molecule has 47 heavy (non-hydrogen) atoms. The quantitative estimate of drug-likeness (QED) is 0.132. The Morgan fingerprint density at radius 2 is 1.62 bits per heavy atom. The number of hydrogen-bond acceptors (Lipinski definition) is 7. The summed E-state index contributed by atoms with van der Waals surface area (Å²) in [7, 11) is 0. The van der Waals surface area contributed by atoms with Gasteiger partial charge in [0.25, 0.3) is 5.91 Å². The highest BCUT2D eigenvalue weighted by molar-refractivity contribution is 6.38. The third kappa shape index (κ3) is 9.70. The number of urea groups is 1. The summed E-state index contributed by atoms with van der Waals surface area (Å²) in [5.74, 6) is -2.22. The van der Waals surface area contributed by atoms with E-state index in [-0.39, 0.29) is 48.3 Å². The van der Waals surface area contributed by atoms with Crippen molar-refractivity contribution in [2.24, 2.45) is 34.5 Å². The summed E-state index contributed by atoms with van der Waals surface area (Å²) in [5, 5.41) is 13.7. The summed E-state index contributed by atoms with van der Waals surface area (Å²) in [6.07, 6.45) is 2.81. The molecule has 6 amide bonds. The van der Waals surface area contributed by atoms with Crippen LogP contribution < -0.4 is 26.6 Å². The van der Waals surface area contributed by atoms with Gasteiger partial charge in [-0.3, -0.25) is 19.2 Å². The summed E-state index contributed by atoms with van der Waals surface area (Å²) in [4.78, 5) is 80.8. The third-order valence-corrected chi connectivity index (χ3v) is 9.61. The number of ether oxygens (including phenoxy) is 1. The zero-order valence-electron chi connectivity index (χ0n) is 29.5. The molecule has 3 fully saturated rings. The van der Waals surface area contributed by atoms with E-state index in [1.807, 2.05) is 34.6 Å². The second-order valence-electron chi connectivity index (χ2n) is 15.6. The van der Waals surface area contributed by atoms with Gasteiger partial charge in [-0.25, -0.2) is 9.59 Å². The number of nitrogens with one attached hydrogen (secondary N) is 5. The van der Waals surface area contributed by atoms with Crippen LogP contribution in [0.4, 0.5) is 9.59 Å². The number of amides is 6. The fourth-order valence-electron chi connectivity index (χ4n) is 6.46. The summed E-state index contributed by atoms with van der Waals surface area (Å²) in [5.41, 5.74) is -0.912. The monoisotopic (exact) mass is 660 g/mol. The number of alkyl carbamates (subject to hydrolysis) is 1. The lowest BCUT2D eigenvalue weighted by Crippen LogP contribution is -2.62. The lowest BCUT2D eigenvalue weighted by Gasteiger charge is -2.38. The van der Waals surface area contributed by atoms with Gasteiger partial charge in [-0.2, -0.15) is 0 Å². The van der Waals surface area contributed by atoms with Crippen molar-refractivity contribution >= 4 is 35.6 Å². The van der Waals surface area contributed by atoms with Crippen LogP contribution in [0.5, 0.6) is 0 Å². The maximum atomic E-state index is 14.3. The largest absolute Gasteiger partial charge is 0.447 e. The molecule has 0 bridgehead atoms. The normalized spacial score (nSPS) is 23.1. The van der Waals surface area contributed by atoms with E-state index in [4.69, 9.17) is 4.74 Å². The molecule has 6 atom stereocenters. The number of carbonyl (C=O) groups is 6. The van der Waals surface area contributed by atoms with E-state index in [9.17, 15) is 28.8 Å². The molecular formula is C34H56N6O7. The zero-order valence-corrected chi connectivity index (χ0v) is 29.5. The first-order valence-electron chi connectivity index (χ1n) is 16.8. The van der Waals surface area contributed by atoms with Crippen LogP contribution in [-0.2, 0) is 23.9 Å². The highest BCUT2D eigenvalue weighted by Crippen LogP contribution is 2.65. The molecule has 0 aromatic rings. The number of rotatable bonds is 15. The predicted octanol–water partition coefficient (Wildman–Crippen LogP) is 2.50. The fourth-order valence-corrected chi connectivity index (χ4v) is 6.46. The molecule has 2 saturated carbocycles. The van der Waals surface area contributed by atoms with Gasteiger partial charge >= 0.3 is 12.1 Å². The van der Waals surface area contributed by atoms with E-state index in [1.54, 1.807) is 13.8 Å². The number of hydrogen-bond donors (Lipinski definition) is 5. The SMILES string of the molecule is C=CCNC(=O)C(=O)C(CC1CC1)NC(=O)[C@@H]1[C@@H]2[C@H](CN1C(=O)[C@@H](NC(=O)N[C@H](CNC(=O)OC(C)C)C(C)C)C(C)(C)C)C2(C)C. The van der Waals surface area contributed by atoms with Crippen LogP contribution in [0.15, 0.2) is 12.7 Å². The smallest absolute Gasteiger partial charge is 0.407 e. The molecule has 1 heterocycles. The number of carbonyl (C=O) groups excluding carboxylic acids is 6. The van der Waals surface area contributed by atoms with E-state index in [0.29, 0.717) is 13.0 Å². The van der Waals surface area contributed by atoms with E-state index in [1.165, 1.54) is 11.0 Å². The van der Waals surface area contributed by atoms with E-state index in [2.05, 4.69) is 47.0 Å². The molecule has 13 nitrogen and oxygen atoms in total. The first kappa shape index (κ1) is 37.8. The molecule has 0 aromatic heterocycles. The highest BCUT2D eigenvalue weighted by Gasteiger charge is 2.70. The highest BCUT2D eigenvalue weighted by atomic mass is 16.6. The van der Waals surface area contributed by atoms with Gasteiger partial charge < -0.3 is 36.2 Å². The molecule has 3 aliphatic rings. The number of fused-ring (bicyclic) bond motifs is 1. The Morgan fingerprint density at radius 1 is 0.979 bits per heavy atom. The van der Waals surface area contributed by atoms with Crippen LogP contribution in [0.25, 0.3) is 0 Å². The second-order valence-corrected chi connectivity index (χ2v) is 15.6. The zero-order chi connectivity index (χ0) is 35.4. The summed E-state index contributed by atoms with van der Waals surface area (Å²) >= 11 is 0. The number of likely N-dealkylation sites (tertiary alicyclic amines) is 1. The Labute approximate surface area is 279 Å². The molecule has 264 valence electrons. The van der Waals surface area contributed by atoms with Crippen LogP contribution in [-0.4, -0.2) is 90.4 Å². The molecule has 1 aliphatic heterocycles. The van der Waals surface area contributed by atoms with Gasteiger partial charge in [0.05, 0.1) is 18.2 Å². The third-order valence-electron chi connectivity index (χ3n) is 9.61. The van der Waals surface area contributed by atoms with E-state index < -0.39 is 65.2 Å². The van der Waals surface area contributed by atoms with Crippen LogP contribution in [0, 0.1) is 34.5 Å². The Hall–Kier alpha value is -3.64. The average molecular weight is 661 g/mol. The van der Waals surface area contributed by atoms with Crippen LogP contribution in [0.3, 0.4) is 0 Å². The minimum atomic E-state index is -1.00. The topological polar surface area (TPSA) is 175 Å². The van der Waals surface area contributed by atoms with Crippen molar-refractivity contribution in [2.45, 2.75) is 112 Å². The average Bonchev–Trinajstić information content (AvgIpc) is 3.82. The molecule has 13 heteroatoms. The Morgan fingerprint density at radius 3 is 2.15 bits per heavy atom. The summed E-state index contributed by atoms with van der Waals surface area (Å²) < 4.78 is 5.12. The van der Waals surface area contributed by atoms with Crippen molar-refractivity contribution in [3.63, 3.8) is 0 Å². The predicted molar refractivity (Wildman–Crippen MR) is 177 cm³/mol. The minimum absolute atomic E-state index is 0.0463. The molecule has 3 rings (SSSR count). The molecular weight excluding hydrogens is 604 g/mol. The van der Waals surface area contributed by atoms with Crippen molar-refractivity contribution in [2.75, 3.05) is 19.6 Å². The van der Waals surface area contributed by atoms with Gasteiger partial charge in [0, 0.05) is 19.6 Å². The van der Waals surface area contributed by atoms with Crippen molar-refractivity contribution in [1.29, 1.82) is 0 Å². The summed E-state index contributed by atoms with van der Waals surface area (Å²) in [6.45, 7) is 21.1. The standard InChI is InChI=1S/C34H56N6O7/c1-11-14-35-29(43)26(41)22(15-20-12-13-20)37-28(42)25-24-21(34(24,9)10)17-40(25)30(44)27(33(6,7)8)39-31(45)38-23(18(2)3)16-36-32(46)47-19(4)5/h11,18-25,27H,1,12-17H2,2-10H3,(H,35,43)(H,36,46)(H,37,42)(H2,38,39,45)/t21-,22?,23+,24-,25-,27+/m0/s1.